The molecule has 0 fully saturated rings. The molecule has 7 heteroatoms. The molecule has 0 aliphatic carbocycles. The first kappa shape index (κ1) is 14.9. The number of nitrogens with one attached hydrogen (secondary N) is 1. The number of nitriles is 1. The predicted octanol–water partition coefficient (Wildman–Crippen LogP) is 2.83. The molecule has 0 radical (unpaired) electrons. The molecule has 2 rings (SSSR count). The quantitative estimate of drug-likeness (QED) is 0.944. The lowest BCUT2D eigenvalue weighted by molar-refractivity contribution is 0.594. The van der Waals surface area contributed by atoms with E-state index >= 15 is 0 Å². The summed E-state index contributed by atoms with van der Waals surface area (Å²) in [7, 11) is -4.02. The van der Waals surface area contributed by atoms with E-state index in [0.29, 0.717) is 5.56 Å². The lowest BCUT2D eigenvalue weighted by atomic mass is 10.2. The summed E-state index contributed by atoms with van der Waals surface area (Å²) in [5, 5.41) is 8.54. The van der Waals surface area contributed by atoms with Crippen LogP contribution in [0, 0.1) is 23.0 Å². The Balaban J connectivity index is 2.30. The molecule has 0 spiro atoms. The summed E-state index contributed by atoms with van der Waals surface area (Å²) < 4.78 is 52.6. The summed E-state index contributed by atoms with van der Waals surface area (Å²) in [5.74, 6) is -1.63. The topological polar surface area (TPSA) is 70.0 Å². The molecule has 0 aliphatic heterocycles. The Hall–Kier alpha value is -2.46. The number of benzene rings is 2. The van der Waals surface area contributed by atoms with E-state index in [0.717, 1.165) is 18.2 Å². The maximum atomic E-state index is 13.5. The standard InChI is InChI=1S/C14H10F2N2O2S/c15-11-3-6-13(16)14(9-11)18-21(19,20)12-4-1-10(2-5-12)7-8-17/h1-6,9,18H,7H2. The molecular weight excluding hydrogens is 298 g/mol. The van der Waals surface area contributed by atoms with Gasteiger partial charge in [0.2, 0.25) is 0 Å². The van der Waals surface area contributed by atoms with Crippen molar-refractivity contribution in [1.29, 1.82) is 5.26 Å². The number of hydrogen-bond acceptors (Lipinski definition) is 3. The van der Waals surface area contributed by atoms with E-state index in [1.54, 1.807) is 0 Å². The van der Waals surface area contributed by atoms with Gasteiger partial charge in [-0.1, -0.05) is 12.1 Å². The maximum Gasteiger partial charge on any atom is 0.261 e. The molecule has 2 aromatic carbocycles. The highest BCUT2D eigenvalue weighted by Gasteiger charge is 2.16. The molecule has 0 aliphatic rings. The van der Waals surface area contributed by atoms with Gasteiger partial charge >= 0.3 is 0 Å². The van der Waals surface area contributed by atoms with Gasteiger partial charge in [-0.2, -0.15) is 5.26 Å². The van der Waals surface area contributed by atoms with Gasteiger partial charge in [-0.25, -0.2) is 17.2 Å². The first-order chi connectivity index (χ1) is 9.92. The van der Waals surface area contributed by atoms with E-state index in [2.05, 4.69) is 0 Å². The predicted molar refractivity (Wildman–Crippen MR) is 72.9 cm³/mol. The van der Waals surface area contributed by atoms with Crippen LogP contribution in [-0.4, -0.2) is 8.42 Å². The van der Waals surface area contributed by atoms with Gasteiger partial charge < -0.3 is 0 Å². The zero-order valence-electron chi connectivity index (χ0n) is 10.7. The Kier molecular flexibility index (Phi) is 4.19. The first-order valence-electron chi connectivity index (χ1n) is 5.86. The maximum absolute atomic E-state index is 13.5. The number of halogens is 2. The SMILES string of the molecule is N#CCc1ccc(S(=O)(=O)Nc2cc(F)ccc2F)cc1. The van der Waals surface area contributed by atoms with Gasteiger partial charge in [-0.05, 0) is 29.8 Å². The second-order valence-corrected chi connectivity index (χ2v) is 5.89. The molecule has 0 saturated carbocycles. The van der Waals surface area contributed by atoms with Crippen LogP contribution in [0.1, 0.15) is 5.56 Å². The van der Waals surface area contributed by atoms with Crippen LogP contribution in [-0.2, 0) is 16.4 Å². The van der Waals surface area contributed by atoms with E-state index in [1.807, 2.05) is 10.8 Å². The minimum atomic E-state index is -4.02. The number of nitrogens with zero attached hydrogens (tertiary/aromatic N) is 1. The van der Waals surface area contributed by atoms with Crippen LogP contribution in [0.2, 0.25) is 0 Å². The van der Waals surface area contributed by atoms with Gasteiger partial charge in [0.05, 0.1) is 23.1 Å². The second kappa shape index (κ2) is 5.89. The molecular formula is C14H10F2N2O2S. The minimum absolute atomic E-state index is 0.104. The van der Waals surface area contributed by atoms with Crippen LogP contribution in [0.4, 0.5) is 14.5 Å². The summed E-state index contributed by atoms with van der Waals surface area (Å²) in [6.45, 7) is 0. The fourth-order valence-electron chi connectivity index (χ4n) is 1.66. The lowest BCUT2D eigenvalue weighted by Crippen LogP contribution is -2.14. The summed E-state index contributed by atoms with van der Waals surface area (Å²) in [6.07, 6.45) is 0.159. The molecule has 0 saturated heterocycles. The minimum Gasteiger partial charge on any atom is -0.277 e. The zero-order valence-corrected chi connectivity index (χ0v) is 11.5. The molecule has 0 aromatic heterocycles. The fourth-order valence-corrected chi connectivity index (χ4v) is 2.72. The molecule has 21 heavy (non-hydrogen) atoms. The number of sulfonamides is 1. The van der Waals surface area contributed by atoms with Gasteiger partial charge in [0.25, 0.3) is 10.0 Å². The van der Waals surface area contributed by atoms with Gasteiger partial charge in [0, 0.05) is 6.07 Å². The van der Waals surface area contributed by atoms with Crippen LogP contribution in [0.3, 0.4) is 0 Å². The van der Waals surface area contributed by atoms with Crippen molar-refractivity contribution >= 4 is 15.7 Å². The number of hydrogen-bond donors (Lipinski definition) is 1. The Morgan fingerprint density at radius 2 is 1.76 bits per heavy atom. The molecule has 4 nitrogen and oxygen atoms in total. The molecule has 0 heterocycles. The van der Waals surface area contributed by atoms with Crippen molar-refractivity contribution in [3.63, 3.8) is 0 Å². The van der Waals surface area contributed by atoms with E-state index in [9.17, 15) is 17.2 Å². The lowest BCUT2D eigenvalue weighted by Gasteiger charge is -2.09. The smallest absolute Gasteiger partial charge is 0.261 e. The number of anilines is 1. The Bertz CT molecular complexity index is 797. The van der Waals surface area contributed by atoms with Crippen molar-refractivity contribution in [2.75, 3.05) is 4.72 Å². The van der Waals surface area contributed by atoms with E-state index < -0.39 is 27.3 Å². The third-order valence-corrected chi connectivity index (χ3v) is 4.07. The van der Waals surface area contributed by atoms with Crippen molar-refractivity contribution < 1.29 is 17.2 Å². The normalized spacial score (nSPS) is 10.9. The average molecular weight is 308 g/mol. The van der Waals surface area contributed by atoms with E-state index in [1.165, 1.54) is 24.3 Å². The summed E-state index contributed by atoms with van der Waals surface area (Å²) >= 11 is 0. The molecule has 1 N–H and O–H groups in total. The molecule has 0 amide bonds. The molecule has 0 unspecified atom stereocenters. The third-order valence-electron chi connectivity index (χ3n) is 2.69. The summed E-state index contributed by atoms with van der Waals surface area (Å²) in [4.78, 5) is -0.104. The summed E-state index contributed by atoms with van der Waals surface area (Å²) in [5.41, 5.74) is 0.199. The van der Waals surface area contributed by atoms with Crippen LogP contribution >= 0.6 is 0 Å². The van der Waals surface area contributed by atoms with Crippen LogP contribution < -0.4 is 4.72 Å². The fraction of sp³-hybridized carbons (Fsp3) is 0.0714. The monoisotopic (exact) mass is 308 g/mol. The van der Waals surface area contributed by atoms with E-state index in [-0.39, 0.29) is 11.3 Å². The molecule has 108 valence electrons. The first-order valence-corrected chi connectivity index (χ1v) is 7.34. The van der Waals surface area contributed by atoms with Gasteiger partial charge in [0.1, 0.15) is 11.6 Å². The van der Waals surface area contributed by atoms with Crippen molar-refractivity contribution in [2.45, 2.75) is 11.3 Å². The highest BCUT2D eigenvalue weighted by Crippen LogP contribution is 2.20. The highest BCUT2D eigenvalue weighted by atomic mass is 32.2. The Morgan fingerprint density at radius 3 is 2.38 bits per heavy atom. The molecule has 2 aromatic rings. The highest BCUT2D eigenvalue weighted by molar-refractivity contribution is 7.92. The van der Waals surface area contributed by atoms with Crippen molar-refractivity contribution in [3.05, 3.63) is 59.7 Å². The third kappa shape index (κ3) is 3.55. The largest absolute Gasteiger partial charge is 0.277 e. The summed E-state index contributed by atoms with van der Waals surface area (Å²) in [6, 6.07) is 10.00. The van der Waals surface area contributed by atoms with Crippen LogP contribution in [0.25, 0.3) is 0 Å². The second-order valence-electron chi connectivity index (χ2n) is 4.21. The van der Waals surface area contributed by atoms with Crippen molar-refractivity contribution in [1.82, 2.24) is 0 Å². The average Bonchev–Trinajstić information content (AvgIpc) is 2.44. The van der Waals surface area contributed by atoms with Gasteiger partial charge in [-0.15, -0.1) is 0 Å². The Morgan fingerprint density at radius 1 is 1.10 bits per heavy atom. The van der Waals surface area contributed by atoms with Gasteiger partial charge in [0.15, 0.2) is 0 Å². The van der Waals surface area contributed by atoms with Crippen LogP contribution in [0.15, 0.2) is 47.4 Å². The van der Waals surface area contributed by atoms with Crippen molar-refractivity contribution in [3.8, 4) is 6.07 Å². The van der Waals surface area contributed by atoms with E-state index in [4.69, 9.17) is 5.26 Å². The number of rotatable bonds is 4. The van der Waals surface area contributed by atoms with Gasteiger partial charge in [-0.3, -0.25) is 4.72 Å². The molecule has 0 bridgehead atoms. The Labute approximate surface area is 120 Å². The van der Waals surface area contributed by atoms with Crippen LogP contribution in [0.5, 0.6) is 0 Å². The zero-order chi connectivity index (χ0) is 15.5. The van der Waals surface area contributed by atoms with Crippen molar-refractivity contribution in [2.24, 2.45) is 0 Å². The molecule has 0 atom stereocenters.